The third-order valence-corrected chi connectivity index (χ3v) is 5.30. The van der Waals surface area contributed by atoms with Gasteiger partial charge in [-0.25, -0.2) is 9.97 Å². The molecule has 0 unspecified atom stereocenters. The maximum atomic E-state index is 6.05. The number of nitrogens with zero attached hydrogens (tertiary/aromatic N) is 4. The minimum absolute atomic E-state index is 0.648. The van der Waals surface area contributed by atoms with Crippen molar-refractivity contribution in [2.24, 2.45) is 0 Å². The normalized spacial score (nSPS) is 18.4. The first kappa shape index (κ1) is 19.2. The van der Waals surface area contributed by atoms with Gasteiger partial charge in [0.1, 0.15) is 12.1 Å². The predicted octanol–water partition coefficient (Wildman–Crippen LogP) is 1.15. The van der Waals surface area contributed by atoms with Gasteiger partial charge in [0.15, 0.2) is 11.5 Å². The van der Waals surface area contributed by atoms with Gasteiger partial charge in [0.05, 0.1) is 32.4 Å². The molecule has 4 rings (SSSR count). The van der Waals surface area contributed by atoms with Gasteiger partial charge in [0.2, 0.25) is 0 Å². The summed E-state index contributed by atoms with van der Waals surface area (Å²) in [4.78, 5) is 13.7. The highest BCUT2D eigenvalue weighted by Crippen LogP contribution is 2.35. The zero-order valence-electron chi connectivity index (χ0n) is 16.5. The van der Waals surface area contributed by atoms with Crippen LogP contribution < -0.4 is 19.7 Å². The number of benzene rings is 1. The molecule has 2 aliphatic rings. The molecule has 3 heterocycles. The predicted molar refractivity (Wildman–Crippen MR) is 109 cm³/mol. The molecule has 8 nitrogen and oxygen atoms in total. The second-order valence-electron chi connectivity index (χ2n) is 7.11. The van der Waals surface area contributed by atoms with Gasteiger partial charge in [0, 0.05) is 57.3 Å². The minimum Gasteiger partial charge on any atom is -0.493 e. The third-order valence-electron chi connectivity index (χ3n) is 5.30. The number of morpholine rings is 1. The van der Waals surface area contributed by atoms with Crippen LogP contribution in [0.3, 0.4) is 0 Å². The number of anilines is 1. The van der Waals surface area contributed by atoms with Gasteiger partial charge in [-0.2, -0.15) is 0 Å². The molecule has 1 N–H and O–H groups in total. The van der Waals surface area contributed by atoms with Crippen molar-refractivity contribution in [3.8, 4) is 11.5 Å². The Balaban J connectivity index is 1.46. The summed E-state index contributed by atoms with van der Waals surface area (Å²) in [6.07, 6.45) is 2.60. The Hall–Kier alpha value is -2.16. The second kappa shape index (κ2) is 9.36. The van der Waals surface area contributed by atoms with Crippen LogP contribution in [0.4, 0.5) is 5.82 Å². The Kier molecular flexibility index (Phi) is 6.41. The SMILES string of the molecule is COc1cc2c(N3CCNCC3)ncnc2cc1OCCCN1CCOCC1. The van der Waals surface area contributed by atoms with E-state index in [0.29, 0.717) is 6.61 Å². The number of ether oxygens (including phenoxy) is 3. The van der Waals surface area contributed by atoms with Crippen LogP contribution in [0.15, 0.2) is 18.5 Å². The van der Waals surface area contributed by atoms with Crippen molar-refractivity contribution >= 4 is 16.7 Å². The maximum absolute atomic E-state index is 6.05. The monoisotopic (exact) mass is 387 g/mol. The molecule has 2 fully saturated rings. The van der Waals surface area contributed by atoms with Crippen LogP contribution in [-0.2, 0) is 4.74 Å². The summed E-state index contributed by atoms with van der Waals surface area (Å²) in [5, 5.41) is 4.38. The number of hydrogen-bond acceptors (Lipinski definition) is 8. The van der Waals surface area contributed by atoms with E-state index in [-0.39, 0.29) is 0 Å². The Labute approximate surface area is 165 Å². The highest BCUT2D eigenvalue weighted by Gasteiger charge is 2.18. The summed E-state index contributed by atoms with van der Waals surface area (Å²) in [5.41, 5.74) is 0.882. The molecular weight excluding hydrogens is 358 g/mol. The Morgan fingerprint density at radius 1 is 1.07 bits per heavy atom. The Morgan fingerprint density at radius 3 is 2.68 bits per heavy atom. The van der Waals surface area contributed by atoms with E-state index in [0.717, 1.165) is 93.7 Å². The van der Waals surface area contributed by atoms with Gasteiger partial charge in [-0.15, -0.1) is 0 Å². The lowest BCUT2D eigenvalue weighted by Gasteiger charge is -2.29. The summed E-state index contributed by atoms with van der Waals surface area (Å²) in [6.45, 7) is 9.14. The molecule has 0 atom stereocenters. The molecule has 2 saturated heterocycles. The second-order valence-corrected chi connectivity index (χ2v) is 7.11. The summed E-state index contributed by atoms with van der Waals surface area (Å²) >= 11 is 0. The van der Waals surface area contributed by atoms with E-state index in [2.05, 4.69) is 25.1 Å². The first-order valence-electron chi connectivity index (χ1n) is 10.1. The molecule has 0 bridgehead atoms. The lowest BCUT2D eigenvalue weighted by molar-refractivity contribution is 0.0357. The first-order chi connectivity index (χ1) is 13.8. The standard InChI is InChI=1S/C20H29N5O3/c1-26-18-13-16-17(22-15-23-20(16)25-6-3-21-4-7-25)14-19(18)28-10-2-5-24-8-11-27-12-9-24/h13-15,21H,2-12H2,1H3. The third kappa shape index (κ3) is 4.45. The summed E-state index contributed by atoms with van der Waals surface area (Å²) in [6, 6.07) is 3.97. The van der Waals surface area contributed by atoms with E-state index >= 15 is 0 Å². The first-order valence-corrected chi connectivity index (χ1v) is 10.1. The summed E-state index contributed by atoms with van der Waals surface area (Å²) < 4.78 is 17.0. The maximum Gasteiger partial charge on any atom is 0.163 e. The molecule has 28 heavy (non-hydrogen) atoms. The fourth-order valence-corrected chi connectivity index (χ4v) is 3.75. The fraction of sp³-hybridized carbons (Fsp3) is 0.600. The Morgan fingerprint density at radius 2 is 1.89 bits per heavy atom. The van der Waals surface area contributed by atoms with Crippen molar-refractivity contribution in [1.29, 1.82) is 0 Å². The van der Waals surface area contributed by atoms with Crippen molar-refractivity contribution < 1.29 is 14.2 Å². The van der Waals surface area contributed by atoms with Crippen molar-refractivity contribution in [3.63, 3.8) is 0 Å². The quantitative estimate of drug-likeness (QED) is 0.710. The number of nitrogens with one attached hydrogen (secondary N) is 1. The van der Waals surface area contributed by atoms with Crippen LogP contribution in [0.25, 0.3) is 10.9 Å². The van der Waals surface area contributed by atoms with E-state index in [1.165, 1.54) is 0 Å². The highest BCUT2D eigenvalue weighted by molar-refractivity contribution is 5.92. The fourth-order valence-electron chi connectivity index (χ4n) is 3.75. The van der Waals surface area contributed by atoms with Crippen molar-refractivity contribution in [3.05, 3.63) is 18.5 Å². The lowest BCUT2D eigenvalue weighted by atomic mass is 10.2. The van der Waals surface area contributed by atoms with E-state index < -0.39 is 0 Å². The topological polar surface area (TPSA) is 72.0 Å². The smallest absolute Gasteiger partial charge is 0.163 e. The number of methoxy groups -OCH3 is 1. The van der Waals surface area contributed by atoms with Crippen LogP contribution in [-0.4, -0.2) is 87.6 Å². The molecule has 0 spiro atoms. The van der Waals surface area contributed by atoms with Gasteiger partial charge in [-0.3, -0.25) is 4.90 Å². The zero-order valence-corrected chi connectivity index (χ0v) is 16.5. The molecular formula is C20H29N5O3. The van der Waals surface area contributed by atoms with Crippen LogP contribution in [0, 0.1) is 0 Å². The number of rotatable bonds is 7. The molecule has 0 saturated carbocycles. The van der Waals surface area contributed by atoms with Crippen molar-refractivity contribution in [1.82, 2.24) is 20.2 Å². The van der Waals surface area contributed by atoms with Crippen LogP contribution in [0.2, 0.25) is 0 Å². The number of piperazine rings is 1. The van der Waals surface area contributed by atoms with Gasteiger partial charge in [0.25, 0.3) is 0 Å². The van der Waals surface area contributed by atoms with E-state index in [1.54, 1.807) is 13.4 Å². The Bertz CT molecular complexity index is 776. The highest BCUT2D eigenvalue weighted by atomic mass is 16.5. The number of hydrogen-bond donors (Lipinski definition) is 1. The van der Waals surface area contributed by atoms with Crippen LogP contribution >= 0.6 is 0 Å². The molecule has 0 radical (unpaired) electrons. The van der Waals surface area contributed by atoms with Gasteiger partial charge >= 0.3 is 0 Å². The van der Waals surface area contributed by atoms with E-state index in [9.17, 15) is 0 Å². The molecule has 0 amide bonds. The van der Waals surface area contributed by atoms with Crippen molar-refractivity contribution in [2.45, 2.75) is 6.42 Å². The minimum atomic E-state index is 0.648. The van der Waals surface area contributed by atoms with E-state index in [4.69, 9.17) is 14.2 Å². The number of aromatic nitrogens is 2. The molecule has 2 aromatic rings. The molecule has 152 valence electrons. The van der Waals surface area contributed by atoms with Gasteiger partial charge in [-0.05, 0) is 12.5 Å². The molecule has 2 aliphatic heterocycles. The van der Waals surface area contributed by atoms with Crippen LogP contribution in [0.5, 0.6) is 11.5 Å². The zero-order chi connectivity index (χ0) is 19.2. The number of fused-ring (bicyclic) bond motifs is 1. The average Bonchev–Trinajstić information content (AvgIpc) is 2.77. The largest absolute Gasteiger partial charge is 0.493 e. The van der Waals surface area contributed by atoms with Crippen LogP contribution in [0.1, 0.15) is 6.42 Å². The summed E-state index contributed by atoms with van der Waals surface area (Å²) in [7, 11) is 1.68. The molecule has 8 heteroatoms. The lowest BCUT2D eigenvalue weighted by Crippen LogP contribution is -2.44. The van der Waals surface area contributed by atoms with Crippen molar-refractivity contribution in [2.75, 3.05) is 77.6 Å². The van der Waals surface area contributed by atoms with Gasteiger partial charge in [-0.1, -0.05) is 0 Å². The van der Waals surface area contributed by atoms with Gasteiger partial charge < -0.3 is 24.4 Å². The molecule has 0 aliphatic carbocycles. The molecule has 1 aromatic heterocycles. The summed E-state index contributed by atoms with van der Waals surface area (Å²) in [5.74, 6) is 2.43. The average molecular weight is 387 g/mol. The van der Waals surface area contributed by atoms with E-state index in [1.807, 2.05) is 12.1 Å². The molecule has 1 aromatic carbocycles.